The summed E-state index contributed by atoms with van der Waals surface area (Å²) in [5.41, 5.74) is 1.97. The number of esters is 1. The smallest absolute Gasteiger partial charge is 0.349 e. The number of morpholine rings is 1. The van der Waals surface area contributed by atoms with Gasteiger partial charge in [-0.25, -0.2) is 22.3 Å². The number of carbonyl (C=O) groups excluding carboxylic acids is 2. The quantitative estimate of drug-likeness (QED) is 0.236. The van der Waals surface area contributed by atoms with Crippen molar-refractivity contribution in [2.75, 3.05) is 31.6 Å². The third-order valence-corrected chi connectivity index (χ3v) is 10.1. The largest absolute Gasteiger partial charge is 0.443 e. The number of ether oxygens (including phenoxy) is 2. The van der Waals surface area contributed by atoms with Gasteiger partial charge in [-0.1, -0.05) is 36.4 Å². The first-order chi connectivity index (χ1) is 21.2. The number of sulfonamides is 1. The van der Waals surface area contributed by atoms with Crippen LogP contribution in [0.15, 0.2) is 89.8 Å². The molecule has 5 aromatic rings. The van der Waals surface area contributed by atoms with Gasteiger partial charge in [0.25, 0.3) is 5.91 Å². The van der Waals surface area contributed by atoms with Crippen molar-refractivity contribution in [2.24, 2.45) is 0 Å². The van der Waals surface area contributed by atoms with Crippen LogP contribution in [0.3, 0.4) is 0 Å². The Kier molecular flexibility index (Phi) is 8.27. The summed E-state index contributed by atoms with van der Waals surface area (Å²) in [6.45, 7) is 2.90. The van der Waals surface area contributed by atoms with E-state index in [1.54, 1.807) is 66.2 Å². The second-order valence-corrected chi connectivity index (χ2v) is 13.0. The lowest BCUT2D eigenvalue weighted by Crippen LogP contribution is -2.40. The number of hydrogen-bond donors (Lipinski definition) is 1. The van der Waals surface area contributed by atoms with Crippen LogP contribution in [-0.2, 0) is 24.3 Å². The van der Waals surface area contributed by atoms with Gasteiger partial charge in [-0.2, -0.15) is 9.40 Å². The summed E-state index contributed by atoms with van der Waals surface area (Å²) in [4.78, 5) is 28.0. The highest BCUT2D eigenvalue weighted by molar-refractivity contribution is 7.89. The van der Waals surface area contributed by atoms with E-state index in [1.165, 1.54) is 34.6 Å². The molecule has 0 aliphatic carbocycles. The number of amides is 1. The molecule has 1 fully saturated rings. The van der Waals surface area contributed by atoms with Crippen LogP contribution in [0.5, 0.6) is 0 Å². The molecule has 0 bridgehead atoms. The summed E-state index contributed by atoms with van der Waals surface area (Å²) in [5.74, 6) is -1.75. The highest BCUT2D eigenvalue weighted by atomic mass is 32.2. The van der Waals surface area contributed by atoms with Gasteiger partial charge in [0.15, 0.2) is 0 Å². The molecule has 226 valence electrons. The number of rotatable bonds is 8. The molecule has 0 saturated carbocycles. The third kappa shape index (κ3) is 5.99. The van der Waals surface area contributed by atoms with E-state index in [0.29, 0.717) is 35.0 Å². The molecule has 10 nitrogen and oxygen atoms in total. The van der Waals surface area contributed by atoms with Gasteiger partial charge < -0.3 is 14.8 Å². The van der Waals surface area contributed by atoms with Crippen LogP contribution in [0.1, 0.15) is 27.0 Å². The minimum absolute atomic E-state index is 0.0290. The summed E-state index contributed by atoms with van der Waals surface area (Å²) in [6, 6.07) is 22.0. The SMILES string of the molecule is Cc1nn(-c2ccc(F)cc2)c2sc(C(=O)O[C@H](C(=O)Nc3cccc(S(=O)(=O)N4CCOCC4)c3)c3ccccc3)cc12. The molecule has 2 aromatic heterocycles. The summed E-state index contributed by atoms with van der Waals surface area (Å²) >= 11 is 1.14. The number of anilines is 1. The predicted octanol–water partition coefficient (Wildman–Crippen LogP) is 5.09. The molecule has 1 aliphatic rings. The fourth-order valence-electron chi connectivity index (χ4n) is 4.85. The van der Waals surface area contributed by atoms with Gasteiger partial charge in [0.05, 0.1) is 29.5 Å². The molecule has 1 N–H and O–H groups in total. The zero-order valence-electron chi connectivity index (χ0n) is 23.5. The van der Waals surface area contributed by atoms with Crippen LogP contribution >= 0.6 is 11.3 Å². The van der Waals surface area contributed by atoms with Crippen molar-refractivity contribution in [1.29, 1.82) is 0 Å². The molecule has 0 unspecified atom stereocenters. The monoisotopic (exact) mass is 634 g/mol. The fraction of sp³-hybridized carbons (Fsp3) is 0.194. The van der Waals surface area contributed by atoms with Gasteiger partial charge in [0.2, 0.25) is 16.1 Å². The van der Waals surface area contributed by atoms with Crippen LogP contribution in [0.25, 0.3) is 15.9 Å². The molecule has 13 heteroatoms. The molecule has 44 heavy (non-hydrogen) atoms. The average Bonchev–Trinajstić information content (AvgIpc) is 3.61. The molecular formula is C31H27FN4O6S2. The fourth-order valence-corrected chi connectivity index (χ4v) is 7.37. The molecule has 3 heterocycles. The number of benzene rings is 3. The Morgan fingerprint density at radius 2 is 1.73 bits per heavy atom. The predicted molar refractivity (Wildman–Crippen MR) is 163 cm³/mol. The summed E-state index contributed by atoms with van der Waals surface area (Å²) in [7, 11) is -3.79. The number of nitrogens with one attached hydrogen (secondary N) is 1. The minimum Gasteiger partial charge on any atom is -0.443 e. The maximum Gasteiger partial charge on any atom is 0.349 e. The molecule has 6 rings (SSSR count). The van der Waals surface area contributed by atoms with Gasteiger partial charge in [-0.3, -0.25) is 4.79 Å². The van der Waals surface area contributed by atoms with E-state index in [2.05, 4.69) is 10.4 Å². The molecule has 1 aliphatic heterocycles. The summed E-state index contributed by atoms with van der Waals surface area (Å²) < 4.78 is 53.8. The lowest BCUT2D eigenvalue weighted by molar-refractivity contribution is -0.125. The maximum atomic E-state index is 13.6. The highest BCUT2D eigenvalue weighted by Gasteiger charge is 2.29. The molecule has 0 radical (unpaired) electrons. The zero-order valence-corrected chi connectivity index (χ0v) is 25.1. The Morgan fingerprint density at radius 3 is 2.45 bits per heavy atom. The van der Waals surface area contributed by atoms with Crippen molar-refractivity contribution < 1.29 is 31.9 Å². The van der Waals surface area contributed by atoms with Crippen LogP contribution in [0.4, 0.5) is 10.1 Å². The normalized spacial score (nSPS) is 14.8. The maximum absolute atomic E-state index is 13.6. The van der Waals surface area contributed by atoms with Gasteiger partial charge >= 0.3 is 5.97 Å². The lowest BCUT2D eigenvalue weighted by Gasteiger charge is -2.26. The number of aromatic nitrogens is 2. The number of halogens is 1. The van der Waals surface area contributed by atoms with Gasteiger partial charge in [0, 0.05) is 29.7 Å². The van der Waals surface area contributed by atoms with Crippen molar-refractivity contribution >= 4 is 49.1 Å². The minimum atomic E-state index is -3.79. The van der Waals surface area contributed by atoms with Crippen molar-refractivity contribution in [2.45, 2.75) is 17.9 Å². The van der Waals surface area contributed by atoms with Crippen LogP contribution < -0.4 is 5.32 Å². The summed E-state index contributed by atoms with van der Waals surface area (Å²) in [5, 5.41) is 7.96. The molecule has 1 saturated heterocycles. The van der Waals surface area contributed by atoms with E-state index in [-0.39, 0.29) is 34.4 Å². The summed E-state index contributed by atoms with van der Waals surface area (Å²) in [6.07, 6.45) is -1.33. The Balaban J connectivity index is 1.25. The van der Waals surface area contributed by atoms with Crippen molar-refractivity contribution in [3.8, 4) is 5.69 Å². The van der Waals surface area contributed by atoms with E-state index in [9.17, 15) is 22.4 Å². The second kappa shape index (κ2) is 12.3. The molecule has 1 amide bonds. The topological polar surface area (TPSA) is 120 Å². The van der Waals surface area contributed by atoms with E-state index in [4.69, 9.17) is 9.47 Å². The zero-order chi connectivity index (χ0) is 30.8. The number of carbonyl (C=O) groups is 2. The number of fused-ring (bicyclic) bond motifs is 1. The first-order valence-electron chi connectivity index (χ1n) is 13.7. The standard InChI is InChI=1S/C31H27FN4O6S2/c1-20-26-19-27(43-30(26)36(34-20)24-12-10-22(32)11-13-24)31(38)42-28(21-6-3-2-4-7-21)29(37)33-23-8-5-9-25(18-23)44(39,40)35-14-16-41-17-15-35/h2-13,18-19,28H,14-17H2,1H3,(H,33,37)/t28-/m0/s1. The van der Waals surface area contributed by atoms with E-state index < -0.39 is 28.0 Å². The Labute approximate surface area is 256 Å². The Morgan fingerprint density at radius 1 is 1.00 bits per heavy atom. The lowest BCUT2D eigenvalue weighted by atomic mass is 10.1. The number of nitrogens with zero attached hydrogens (tertiary/aromatic N) is 3. The molecule has 0 spiro atoms. The van der Waals surface area contributed by atoms with Gasteiger partial charge in [-0.15, -0.1) is 11.3 Å². The average molecular weight is 635 g/mol. The van der Waals surface area contributed by atoms with Gasteiger partial charge in [0.1, 0.15) is 15.5 Å². The van der Waals surface area contributed by atoms with Crippen molar-refractivity contribution in [3.63, 3.8) is 0 Å². The second-order valence-electron chi connectivity index (χ2n) is 10.0. The van der Waals surface area contributed by atoms with Crippen LogP contribution in [0.2, 0.25) is 0 Å². The molecule has 1 atom stereocenters. The van der Waals surface area contributed by atoms with E-state index in [0.717, 1.165) is 16.7 Å². The number of thiophene rings is 1. The number of hydrogen-bond acceptors (Lipinski definition) is 8. The number of aryl methyl sites for hydroxylation is 1. The first-order valence-corrected chi connectivity index (χ1v) is 16.0. The third-order valence-electron chi connectivity index (χ3n) is 7.09. The van der Waals surface area contributed by atoms with Gasteiger partial charge in [-0.05, 0) is 55.5 Å². The van der Waals surface area contributed by atoms with E-state index in [1.807, 2.05) is 0 Å². The van der Waals surface area contributed by atoms with Crippen molar-refractivity contribution in [3.05, 3.63) is 107 Å². The first kappa shape index (κ1) is 29.6. The highest BCUT2D eigenvalue weighted by Crippen LogP contribution is 2.32. The van der Waals surface area contributed by atoms with Crippen LogP contribution in [0, 0.1) is 12.7 Å². The van der Waals surface area contributed by atoms with Crippen LogP contribution in [-0.4, -0.2) is 60.7 Å². The molecular weight excluding hydrogens is 607 g/mol. The Hall–Kier alpha value is -4.43. The molecule has 3 aromatic carbocycles. The Bertz CT molecular complexity index is 1940. The van der Waals surface area contributed by atoms with Crippen molar-refractivity contribution in [1.82, 2.24) is 14.1 Å². The van der Waals surface area contributed by atoms with E-state index >= 15 is 0 Å².